The Morgan fingerprint density at radius 1 is 0.690 bits per heavy atom. The third kappa shape index (κ3) is 4.54. The number of aryl methyl sites for hydroxylation is 1. The first-order valence-corrected chi connectivity index (χ1v) is 14.3. The molecular weight excluding hydrogens is 518 g/mol. The summed E-state index contributed by atoms with van der Waals surface area (Å²) < 4.78 is 18.1. The van der Waals surface area contributed by atoms with E-state index in [4.69, 9.17) is 14.2 Å². The van der Waals surface area contributed by atoms with Gasteiger partial charge in [0, 0.05) is 29.8 Å². The van der Waals surface area contributed by atoms with Crippen LogP contribution in [0, 0.1) is 6.92 Å². The largest absolute Gasteiger partial charge is 0.493 e. The molecule has 2 heterocycles. The van der Waals surface area contributed by atoms with Gasteiger partial charge in [0.05, 0.1) is 20.3 Å². The van der Waals surface area contributed by atoms with Gasteiger partial charge < -0.3 is 14.2 Å². The first kappa shape index (κ1) is 26.1. The number of hydrogen-bond donors (Lipinski definition) is 0. The van der Waals surface area contributed by atoms with Gasteiger partial charge in [-0.1, -0.05) is 96.6 Å². The first-order valence-electron chi connectivity index (χ1n) is 14.3. The normalized spacial score (nSPS) is 15.7. The highest BCUT2D eigenvalue weighted by atomic mass is 16.5. The summed E-state index contributed by atoms with van der Waals surface area (Å²) in [5, 5.41) is 0. The summed E-state index contributed by atoms with van der Waals surface area (Å²) in [5.41, 5.74) is 10.7. The van der Waals surface area contributed by atoms with Gasteiger partial charge in [-0.15, -0.1) is 0 Å². The molecule has 42 heavy (non-hydrogen) atoms. The van der Waals surface area contributed by atoms with Crippen LogP contribution in [0.1, 0.15) is 45.0 Å². The van der Waals surface area contributed by atoms with Crippen molar-refractivity contribution in [3.8, 4) is 23.0 Å². The zero-order chi connectivity index (χ0) is 28.6. The quantitative estimate of drug-likeness (QED) is 0.214. The van der Waals surface area contributed by atoms with Crippen LogP contribution in [0.25, 0.3) is 11.1 Å². The van der Waals surface area contributed by atoms with Crippen LogP contribution in [0.2, 0.25) is 0 Å². The summed E-state index contributed by atoms with van der Waals surface area (Å²) in [4.78, 5) is 2.58. The van der Waals surface area contributed by atoms with E-state index in [9.17, 15) is 0 Å². The van der Waals surface area contributed by atoms with E-state index >= 15 is 0 Å². The van der Waals surface area contributed by atoms with Crippen molar-refractivity contribution in [2.24, 2.45) is 0 Å². The average molecular weight is 552 g/mol. The molecule has 0 aliphatic carbocycles. The minimum atomic E-state index is -0.0226. The summed E-state index contributed by atoms with van der Waals surface area (Å²) in [7, 11) is 3.41. The number of methoxy groups -OCH3 is 2. The van der Waals surface area contributed by atoms with E-state index in [1.165, 1.54) is 39.0 Å². The molecule has 0 saturated heterocycles. The molecule has 0 fully saturated rings. The van der Waals surface area contributed by atoms with Crippen LogP contribution >= 0.6 is 0 Å². The number of rotatable bonds is 5. The van der Waals surface area contributed by atoms with E-state index in [-0.39, 0.29) is 6.04 Å². The third-order valence-electron chi connectivity index (χ3n) is 8.34. The fourth-order valence-electron chi connectivity index (χ4n) is 6.38. The maximum atomic E-state index is 6.45. The van der Waals surface area contributed by atoms with Crippen molar-refractivity contribution in [1.29, 1.82) is 0 Å². The Morgan fingerprint density at radius 2 is 1.29 bits per heavy atom. The molecule has 5 aromatic carbocycles. The van der Waals surface area contributed by atoms with E-state index < -0.39 is 0 Å². The van der Waals surface area contributed by atoms with Gasteiger partial charge in [0.25, 0.3) is 0 Å². The van der Waals surface area contributed by atoms with Gasteiger partial charge in [0.1, 0.15) is 11.5 Å². The SMILES string of the molecule is COc1cc2c(cc1OC)C(=C1c3ccccc3Oc3ccccc31)C(c1ccc(C)cc1)N(Cc1ccccc1)C2. The molecule has 0 spiro atoms. The lowest BCUT2D eigenvalue weighted by Crippen LogP contribution is -2.34. The maximum Gasteiger partial charge on any atom is 0.161 e. The van der Waals surface area contributed by atoms with Crippen LogP contribution in [-0.4, -0.2) is 19.1 Å². The lowest BCUT2D eigenvalue weighted by atomic mass is 9.77. The molecular formula is C38H33NO3. The molecule has 4 heteroatoms. The van der Waals surface area contributed by atoms with Gasteiger partial charge in [-0.25, -0.2) is 0 Å². The predicted molar refractivity (Wildman–Crippen MR) is 168 cm³/mol. The van der Waals surface area contributed by atoms with Crippen molar-refractivity contribution in [2.45, 2.75) is 26.1 Å². The Morgan fingerprint density at radius 3 is 1.93 bits per heavy atom. The van der Waals surface area contributed by atoms with Gasteiger partial charge in [-0.05, 0) is 59.0 Å². The standard InChI is InChI=1S/C38H33NO3/c1-25-17-19-27(20-18-25)38-37(36-29-13-7-9-15-32(29)42-33-16-10-8-14-30(33)36)31-22-35(41-3)34(40-2)21-28(31)24-39(38)23-26-11-5-4-6-12-26/h4-22,38H,23-24H2,1-3H3. The second-order valence-corrected chi connectivity index (χ2v) is 11.0. The van der Waals surface area contributed by atoms with Crippen LogP contribution in [-0.2, 0) is 13.1 Å². The fraction of sp³-hybridized carbons (Fsp3) is 0.158. The third-order valence-corrected chi connectivity index (χ3v) is 8.34. The van der Waals surface area contributed by atoms with E-state index in [2.05, 4.69) is 115 Å². The smallest absolute Gasteiger partial charge is 0.161 e. The van der Waals surface area contributed by atoms with Crippen LogP contribution in [0.15, 0.2) is 115 Å². The Balaban J connectivity index is 1.59. The van der Waals surface area contributed by atoms with E-state index in [1.54, 1.807) is 14.2 Å². The van der Waals surface area contributed by atoms with Crippen molar-refractivity contribution >= 4 is 11.1 Å². The van der Waals surface area contributed by atoms with Crippen LogP contribution in [0.5, 0.6) is 23.0 Å². The number of fused-ring (bicyclic) bond motifs is 3. The first-order chi connectivity index (χ1) is 20.6. The molecule has 1 atom stereocenters. The van der Waals surface area contributed by atoms with Crippen molar-refractivity contribution < 1.29 is 14.2 Å². The van der Waals surface area contributed by atoms with E-state index in [0.717, 1.165) is 47.2 Å². The molecule has 0 saturated carbocycles. The molecule has 2 aliphatic heterocycles. The molecule has 7 rings (SSSR count). The summed E-state index contributed by atoms with van der Waals surface area (Å²) in [6.45, 7) is 3.70. The number of nitrogens with zero attached hydrogens (tertiary/aromatic N) is 1. The summed E-state index contributed by atoms with van der Waals surface area (Å²) in [6, 6.07) is 40.8. The minimum absolute atomic E-state index is 0.0226. The second kappa shape index (κ2) is 10.9. The van der Waals surface area contributed by atoms with Crippen molar-refractivity contribution in [3.63, 3.8) is 0 Å². The number of para-hydroxylation sites is 2. The van der Waals surface area contributed by atoms with E-state index in [1.807, 2.05) is 12.1 Å². The fourth-order valence-corrected chi connectivity index (χ4v) is 6.38. The highest BCUT2D eigenvalue weighted by molar-refractivity contribution is 6.05. The number of benzene rings is 5. The second-order valence-electron chi connectivity index (χ2n) is 11.0. The predicted octanol–water partition coefficient (Wildman–Crippen LogP) is 8.83. The molecule has 0 aromatic heterocycles. The summed E-state index contributed by atoms with van der Waals surface area (Å²) >= 11 is 0. The van der Waals surface area contributed by atoms with E-state index in [0.29, 0.717) is 0 Å². The van der Waals surface area contributed by atoms with Gasteiger partial charge >= 0.3 is 0 Å². The lowest BCUT2D eigenvalue weighted by Gasteiger charge is -2.42. The molecule has 5 aromatic rings. The van der Waals surface area contributed by atoms with Gasteiger partial charge in [0.15, 0.2) is 11.5 Å². The number of hydrogen-bond acceptors (Lipinski definition) is 4. The van der Waals surface area contributed by atoms with Crippen LogP contribution in [0.3, 0.4) is 0 Å². The average Bonchev–Trinajstić information content (AvgIpc) is 3.03. The Hall–Kier alpha value is -4.80. The zero-order valence-electron chi connectivity index (χ0n) is 24.1. The Labute approximate surface area is 247 Å². The topological polar surface area (TPSA) is 30.9 Å². The highest BCUT2D eigenvalue weighted by Crippen LogP contribution is 2.54. The summed E-state index contributed by atoms with van der Waals surface area (Å²) in [5.74, 6) is 3.19. The molecule has 1 unspecified atom stereocenters. The summed E-state index contributed by atoms with van der Waals surface area (Å²) in [6.07, 6.45) is 0. The lowest BCUT2D eigenvalue weighted by molar-refractivity contribution is 0.210. The molecule has 0 bridgehead atoms. The van der Waals surface area contributed by atoms with Gasteiger partial charge in [-0.3, -0.25) is 4.90 Å². The van der Waals surface area contributed by atoms with Crippen molar-refractivity contribution in [3.05, 3.63) is 154 Å². The van der Waals surface area contributed by atoms with Crippen molar-refractivity contribution in [2.75, 3.05) is 14.2 Å². The van der Waals surface area contributed by atoms with Crippen molar-refractivity contribution in [1.82, 2.24) is 4.90 Å². The highest BCUT2D eigenvalue weighted by Gasteiger charge is 2.37. The molecule has 0 amide bonds. The zero-order valence-corrected chi connectivity index (χ0v) is 24.1. The van der Waals surface area contributed by atoms with Gasteiger partial charge in [-0.2, -0.15) is 0 Å². The Bertz CT molecular complexity index is 1740. The number of ether oxygens (including phenoxy) is 3. The Kier molecular flexibility index (Phi) is 6.77. The molecule has 208 valence electrons. The minimum Gasteiger partial charge on any atom is -0.493 e. The molecule has 2 aliphatic rings. The molecule has 0 radical (unpaired) electrons. The molecule has 4 nitrogen and oxygen atoms in total. The molecule has 0 N–H and O–H groups in total. The maximum absolute atomic E-state index is 6.45. The van der Waals surface area contributed by atoms with Crippen LogP contribution < -0.4 is 14.2 Å². The monoisotopic (exact) mass is 551 g/mol. The van der Waals surface area contributed by atoms with Gasteiger partial charge in [0.2, 0.25) is 0 Å². The van der Waals surface area contributed by atoms with Crippen LogP contribution in [0.4, 0.5) is 0 Å².